The van der Waals surface area contributed by atoms with E-state index in [1.807, 2.05) is 0 Å². The molecule has 0 bridgehead atoms. The summed E-state index contributed by atoms with van der Waals surface area (Å²) in [4.78, 5) is 22.8. The molecule has 1 aromatic rings. The second-order valence-corrected chi connectivity index (χ2v) is 5.53. The van der Waals surface area contributed by atoms with E-state index < -0.39 is 28.9 Å². The molecular formula is C15H17NO6. The fourth-order valence-corrected chi connectivity index (χ4v) is 3.17. The molecule has 2 fully saturated rings. The van der Waals surface area contributed by atoms with E-state index in [9.17, 15) is 14.9 Å². The quantitative estimate of drug-likeness (QED) is 0.484. The van der Waals surface area contributed by atoms with E-state index >= 15 is 0 Å². The Balaban J connectivity index is 1.99. The summed E-state index contributed by atoms with van der Waals surface area (Å²) in [5, 5.41) is 11.2. The van der Waals surface area contributed by atoms with Crippen molar-refractivity contribution in [2.45, 2.75) is 43.7 Å². The summed E-state index contributed by atoms with van der Waals surface area (Å²) in [6.45, 7) is 0. The number of hydrogen-bond acceptors (Lipinski definition) is 6. The molecule has 2 atom stereocenters. The molecule has 1 aromatic carbocycles. The Labute approximate surface area is 127 Å². The molecule has 0 aromatic heterocycles. The lowest BCUT2D eigenvalue weighted by molar-refractivity contribution is -0.386. The van der Waals surface area contributed by atoms with Gasteiger partial charge in [-0.05, 0) is 18.9 Å². The van der Waals surface area contributed by atoms with E-state index in [1.165, 1.54) is 13.2 Å². The molecule has 1 aliphatic heterocycles. The van der Waals surface area contributed by atoms with E-state index in [0.29, 0.717) is 18.4 Å². The van der Waals surface area contributed by atoms with Gasteiger partial charge in [-0.15, -0.1) is 0 Å². The van der Waals surface area contributed by atoms with Gasteiger partial charge in [0.05, 0.1) is 17.6 Å². The molecule has 7 nitrogen and oxygen atoms in total. The fraction of sp³-hybridized carbons (Fsp3) is 0.533. The van der Waals surface area contributed by atoms with Gasteiger partial charge in [0.2, 0.25) is 0 Å². The number of nitro groups is 1. The Bertz CT molecular complexity index is 595. The molecular weight excluding hydrogens is 290 g/mol. The average molecular weight is 307 g/mol. The molecule has 0 unspecified atom stereocenters. The van der Waals surface area contributed by atoms with Gasteiger partial charge in [0.25, 0.3) is 5.69 Å². The third kappa shape index (κ3) is 2.46. The molecule has 22 heavy (non-hydrogen) atoms. The zero-order valence-corrected chi connectivity index (χ0v) is 12.2. The van der Waals surface area contributed by atoms with Crippen LogP contribution in [-0.4, -0.2) is 29.9 Å². The SMILES string of the molecule is COC(=O)[C@H]1OC2(CCCC2)O[C@@H]1c1ccccc1[N+](=O)[O-]. The van der Waals surface area contributed by atoms with Crippen LogP contribution in [-0.2, 0) is 19.0 Å². The molecule has 2 aliphatic rings. The minimum absolute atomic E-state index is 0.0833. The number of ether oxygens (including phenoxy) is 3. The lowest BCUT2D eigenvalue weighted by atomic mass is 10.0. The number of benzene rings is 1. The summed E-state index contributed by atoms with van der Waals surface area (Å²) in [7, 11) is 1.27. The third-order valence-corrected chi connectivity index (χ3v) is 4.20. The highest BCUT2D eigenvalue weighted by atomic mass is 16.8. The standard InChI is InChI=1S/C15H17NO6/c1-20-14(17)13-12(21-15(22-13)8-4-5-9-15)10-6-2-3-7-11(10)16(18)19/h2-3,6-7,12-13H,4-5,8-9H2,1H3/t12-,13+/m1/s1. The molecule has 0 radical (unpaired) electrons. The smallest absolute Gasteiger partial charge is 0.338 e. The predicted molar refractivity (Wildman–Crippen MR) is 75.0 cm³/mol. The highest BCUT2D eigenvalue weighted by Gasteiger charge is 2.53. The van der Waals surface area contributed by atoms with Crippen LogP contribution in [0.4, 0.5) is 5.69 Å². The van der Waals surface area contributed by atoms with Crippen LogP contribution >= 0.6 is 0 Å². The van der Waals surface area contributed by atoms with E-state index in [4.69, 9.17) is 14.2 Å². The van der Waals surface area contributed by atoms with Gasteiger partial charge in [-0.2, -0.15) is 0 Å². The molecule has 1 saturated carbocycles. The van der Waals surface area contributed by atoms with Crippen LogP contribution in [0.2, 0.25) is 0 Å². The molecule has 1 spiro atoms. The maximum atomic E-state index is 12.0. The summed E-state index contributed by atoms with van der Waals surface area (Å²) in [6.07, 6.45) is 1.43. The summed E-state index contributed by atoms with van der Waals surface area (Å²) in [5.41, 5.74) is 0.256. The van der Waals surface area contributed by atoms with Gasteiger partial charge >= 0.3 is 5.97 Å². The first-order valence-electron chi connectivity index (χ1n) is 7.23. The molecule has 118 valence electrons. The highest BCUT2D eigenvalue weighted by molar-refractivity contribution is 5.76. The third-order valence-electron chi connectivity index (χ3n) is 4.20. The Kier molecular flexibility index (Phi) is 3.84. The second-order valence-electron chi connectivity index (χ2n) is 5.53. The van der Waals surface area contributed by atoms with Crippen molar-refractivity contribution in [1.29, 1.82) is 0 Å². The molecule has 1 heterocycles. The first-order chi connectivity index (χ1) is 10.6. The van der Waals surface area contributed by atoms with Crippen molar-refractivity contribution in [3.8, 4) is 0 Å². The number of para-hydroxylation sites is 1. The van der Waals surface area contributed by atoms with Gasteiger partial charge < -0.3 is 14.2 Å². The molecule has 0 N–H and O–H groups in total. The zero-order chi connectivity index (χ0) is 15.7. The minimum atomic E-state index is -0.982. The van der Waals surface area contributed by atoms with Crippen LogP contribution in [0.15, 0.2) is 24.3 Å². The van der Waals surface area contributed by atoms with Crippen LogP contribution in [0.25, 0.3) is 0 Å². The van der Waals surface area contributed by atoms with Crippen LogP contribution in [0.5, 0.6) is 0 Å². The molecule has 0 amide bonds. The largest absolute Gasteiger partial charge is 0.467 e. The topological polar surface area (TPSA) is 87.9 Å². The highest BCUT2D eigenvalue weighted by Crippen LogP contribution is 2.48. The van der Waals surface area contributed by atoms with E-state index in [-0.39, 0.29) is 5.69 Å². The van der Waals surface area contributed by atoms with Crippen LogP contribution in [0, 0.1) is 10.1 Å². The van der Waals surface area contributed by atoms with Crippen molar-refractivity contribution < 1.29 is 23.9 Å². The Hall–Kier alpha value is -1.99. The van der Waals surface area contributed by atoms with Gasteiger partial charge in [-0.3, -0.25) is 10.1 Å². The number of nitro benzene ring substituents is 1. The Morgan fingerprint density at radius 2 is 2.00 bits per heavy atom. The summed E-state index contributed by atoms with van der Waals surface area (Å²) in [6, 6.07) is 6.25. The second kappa shape index (κ2) is 5.66. The van der Waals surface area contributed by atoms with Crippen LogP contribution in [0.3, 0.4) is 0 Å². The molecule has 1 saturated heterocycles. The number of methoxy groups -OCH3 is 1. The van der Waals surface area contributed by atoms with Crippen molar-refractivity contribution >= 4 is 11.7 Å². The first-order valence-corrected chi connectivity index (χ1v) is 7.23. The monoisotopic (exact) mass is 307 g/mol. The molecule has 3 rings (SSSR count). The van der Waals surface area contributed by atoms with Crippen molar-refractivity contribution in [2.75, 3.05) is 7.11 Å². The van der Waals surface area contributed by atoms with Gasteiger partial charge in [0.15, 0.2) is 11.9 Å². The number of nitrogens with zero attached hydrogens (tertiary/aromatic N) is 1. The maximum absolute atomic E-state index is 12.0. The summed E-state index contributed by atoms with van der Waals surface area (Å²) < 4.78 is 16.6. The Morgan fingerprint density at radius 3 is 2.64 bits per heavy atom. The summed E-state index contributed by atoms with van der Waals surface area (Å²) >= 11 is 0. The van der Waals surface area contributed by atoms with Crippen molar-refractivity contribution in [2.24, 2.45) is 0 Å². The van der Waals surface area contributed by atoms with Crippen molar-refractivity contribution in [3.05, 3.63) is 39.9 Å². The fourth-order valence-electron chi connectivity index (χ4n) is 3.17. The van der Waals surface area contributed by atoms with Crippen LogP contribution < -0.4 is 0 Å². The van der Waals surface area contributed by atoms with Gasteiger partial charge in [-0.1, -0.05) is 12.1 Å². The minimum Gasteiger partial charge on any atom is -0.467 e. The summed E-state index contributed by atoms with van der Waals surface area (Å²) in [5.74, 6) is -1.40. The van der Waals surface area contributed by atoms with E-state index in [0.717, 1.165) is 12.8 Å². The normalized spacial score (nSPS) is 26.2. The maximum Gasteiger partial charge on any atom is 0.338 e. The van der Waals surface area contributed by atoms with E-state index in [1.54, 1.807) is 18.2 Å². The average Bonchev–Trinajstić information content (AvgIpc) is 3.14. The Morgan fingerprint density at radius 1 is 1.32 bits per heavy atom. The molecule has 1 aliphatic carbocycles. The first kappa shape index (κ1) is 14.9. The van der Waals surface area contributed by atoms with E-state index in [2.05, 4.69) is 0 Å². The lowest BCUT2D eigenvalue weighted by Crippen LogP contribution is -2.30. The lowest BCUT2D eigenvalue weighted by Gasteiger charge is -2.21. The van der Waals surface area contributed by atoms with Gasteiger partial charge in [0, 0.05) is 18.9 Å². The number of esters is 1. The zero-order valence-electron chi connectivity index (χ0n) is 12.2. The van der Waals surface area contributed by atoms with Crippen molar-refractivity contribution in [3.63, 3.8) is 0 Å². The van der Waals surface area contributed by atoms with Crippen LogP contribution in [0.1, 0.15) is 37.4 Å². The van der Waals surface area contributed by atoms with Gasteiger partial charge in [-0.25, -0.2) is 4.79 Å². The number of hydrogen-bond donors (Lipinski definition) is 0. The van der Waals surface area contributed by atoms with Crippen molar-refractivity contribution in [1.82, 2.24) is 0 Å². The molecule has 7 heteroatoms. The van der Waals surface area contributed by atoms with Gasteiger partial charge in [0.1, 0.15) is 6.10 Å². The number of carbonyl (C=O) groups is 1. The number of carbonyl (C=O) groups excluding carboxylic acids is 1. The predicted octanol–water partition coefficient (Wildman–Crippen LogP) is 2.49. The number of rotatable bonds is 3.